The van der Waals surface area contributed by atoms with Crippen molar-refractivity contribution in [3.8, 4) is 0 Å². The van der Waals surface area contributed by atoms with Gasteiger partial charge in [-0.15, -0.1) is 0 Å². The summed E-state index contributed by atoms with van der Waals surface area (Å²) in [7, 11) is 0. The van der Waals surface area contributed by atoms with Crippen LogP contribution in [0.15, 0.2) is 66.7 Å². The highest BCUT2D eigenvalue weighted by atomic mass is 19.1. The number of fused-ring (bicyclic) bond motifs is 1. The van der Waals surface area contributed by atoms with E-state index in [0.717, 1.165) is 31.5 Å². The van der Waals surface area contributed by atoms with Gasteiger partial charge in [0.15, 0.2) is 0 Å². The highest BCUT2D eigenvalue weighted by Crippen LogP contribution is 2.31. The molecule has 1 N–H and O–H groups in total. The molecule has 3 aromatic rings. The third kappa shape index (κ3) is 4.48. The van der Waals surface area contributed by atoms with Crippen molar-refractivity contribution in [2.24, 2.45) is 5.92 Å². The number of likely N-dealkylation sites (tertiary alicyclic amines) is 1. The van der Waals surface area contributed by atoms with E-state index in [1.54, 1.807) is 6.07 Å². The smallest absolute Gasteiger partial charge is 0.223 e. The van der Waals surface area contributed by atoms with Gasteiger partial charge in [0, 0.05) is 18.5 Å². The van der Waals surface area contributed by atoms with Gasteiger partial charge in [0.1, 0.15) is 5.82 Å². The lowest BCUT2D eigenvalue weighted by Gasteiger charge is -2.36. The predicted octanol–water partition coefficient (Wildman–Crippen LogP) is 5.07. The summed E-state index contributed by atoms with van der Waals surface area (Å²) in [6.07, 6.45) is 1.70. The second-order valence-corrected chi connectivity index (χ2v) is 7.90. The molecule has 0 saturated carbocycles. The van der Waals surface area contributed by atoms with Crippen LogP contribution in [0.25, 0.3) is 10.8 Å². The fraction of sp³-hybridized carbons (Fsp3) is 0.320. The fourth-order valence-electron chi connectivity index (χ4n) is 4.34. The van der Waals surface area contributed by atoms with Gasteiger partial charge in [0.25, 0.3) is 0 Å². The van der Waals surface area contributed by atoms with Crippen molar-refractivity contribution < 1.29 is 9.18 Å². The molecule has 0 spiro atoms. The van der Waals surface area contributed by atoms with Crippen molar-refractivity contribution in [1.29, 1.82) is 0 Å². The Kier molecular flexibility index (Phi) is 5.91. The van der Waals surface area contributed by atoms with Gasteiger partial charge in [-0.25, -0.2) is 4.39 Å². The Morgan fingerprint density at radius 1 is 1.07 bits per heavy atom. The highest BCUT2D eigenvalue weighted by Gasteiger charge is 2.28. The minimum Gasteiger partial charge on any atom is -0.352 e. The van der Waals surface area contributed by atoms with E-state index in [2.05, 4.69) is 59.6 Å². The highest BCUT2D eigenvalue weighted by molar-refractivity contribution is 5.86. The maximum atomic E-state index is 13.3. The van der Waals surface area contributed by atoms with Crippen molar-refractivity contribution in [2.75, 3.05) is 13.1 Å². The Morgan fingerprint density at radius 2 is 1.79 bits per heavy atom. The molecule has 0 aromatic heterocycles. The Hall–Kier alpha value is -2.72. The second kappa shape index (κ2) is 8.75. The first-order chi connectivity index (χ1) is 14.1. The van der Waals surface area contributed by atoms with Crippen LogP contribution in [-0.4, -0.2) is 23.9 Å². The average Bonchev–Trinajstić information content (AvgIpc) is 2.77. The average molecular weight is 391 g/mol. The third-order valence-corrected chi connectivity index (χ3v) is 6.08. The van der Waals surface area contributed by atoms with Crippen LogP contribution in [0, 0.1) is 11.7 Å². The molecule has 1 amide bonds. The lowest BCUT2D eigenvalue weighted by Crippen LogP contribution is -2.41. The van der Waals surface area contributed by atoms with E-state index in [1.165, 1.54) is 28.5 Å². The molecular formula is C25H27FN2O. The van der Waals surface area contributed by atoms with Crippen molar-refractivity contribution in [2.45, 2.75) is 32.4 Å². The molecular weight excluding hydrogens is 363 g/mol. The summed E-state index contributed by atoms with van der Waals surface area (Å²) in [4.78, 5) is 15.0. The van der Waals surface area contributed by atoms with E-state index in [1.807, 2.05) is 6.07 Å². The molecule has 29 heavy (non-hydrogen) atoms. The number of carbonyl (C=O) groups is 1. The minimum absolute atomic E-state index is 0.0273. The zero-order valence-electron chi connectivity index (χ0n) is 16.8. The van der Waals surface area contributed by atoms with Gasteiger partial charge in [-0.05, 0) is 66.9 Å². The molecule has 0 radical (unpaired) electrons. The molecule has 1 fully saturated rings. The fourth-order valence-corrected chi connectivity index (χ4v) is 4.34. The van der Waals surface area contributed by atoms with E-state index < -0.39 is 0 Å². The zero-order chi connectivity index (χ0) is 20.2. The van der Waals surface area contributed by atoms with Crippen LogP contribution < -0.4 is 5.32 Å². The molecule has 0 unspecified atom stereocenters. The monoisotopic (exact) mass is 390 g/mol. The lowest BCUT2D eigenvalue weighted by molar-refractivity contribution is -0.126. The Labute approximate surface area is 171 Å². The lowest BCUT2D eigenvalue weighted by atomic mass is 9.92. The molecule has 4 rings (SSSR count). The number of piperidine rings is 1. The quantitative estimate of drug-likeness (QED) is 0.660. The molecule has 4 heteroatoms. The Balaban J connectivity index is 1.34. The summed E-state index contributed by atoms with van der Waals surface area (Å²) in [6.45, 7) is 4.44. The van der Waals surface area contributed by atoms with Gasteiger partial charge in [-0.1, -0.05) is 54.6 Å². The van der Waals surface area contributed by atoms with Crippen LogP contribution in [0.4, 0.5) is 4.39 Å². The molecule has 0 bridgehead atoms. The summed E-state index contributed by atoms with van der Waals surface area (Å²) < 4.78 is 13.3. The molecule has 1 heterocycles. The standard InChI is InChI=1S/C25H27FN2O/c1-18(23-11-5-8-20-7-2-3-10-24(20)23)28-14-12-21(13-15-28)25(29)27-17-19-6-4-9-22(26)16-19/h2-11,16,18,21H,12-15,17H2,1H3,(H,27,29)/t18-/m1/s1. The maximum Gasteiger partial charge on any atom is 0.223 e. The number of nitrogens with zero attached hydrogens (tertiary/aromatic N) is 1. The van der Waals surface area contributed by atoms with Gasteiger partial charge in [0.2, 0.25) is 5.91 Å². The van der Waals surface area contributed by atoms with Crippen LogP contribution in [0.5, 0.6) is 0 Å². The van der Waals surface area contributed by atoms with Gasteiger partial charge in [-0.3, -0.25) is 9.69 Å². The normalized spacial score (nSPS) is 16.6. The first-order valence-electron chi connectivity index (χ1n) is 10.4. The van der Waals surface area contributed by atoms with E-state index >= 15 is 0 Å². The number of amides is 1. The molecule has 3 aromatic carbocycles. The van der Waals surface area contributed by atoms with Gasteiger partial charge >= 0.3 is 0 Å². The molecule has 1 saturated heterocycles. The number of rotatable bonds is 5. The van der Waals surface area contributed by atoms with Gasteiger partial charge in [-0.2, -0.15) is 0 Å². The number of hydrogen-bond acceptors (Lipinski definition) is 2. The molecule has 1 atom stereocenters. The van der Waals surface area contributed by atoms with Crippen LogP contribution in [-0.2, 0) is 11.3 Å². The molecule has 0 aliphatic carbocycles. The van der Waals surface area contributed by atoms with E-state index in [9.17, 15) is 9.18 Å². The van der Waals surface area contributed by atoms with Crippen LogP contribution in [0.3, 0.4) is 0 Å². The summed E-state index contributed by atoms with van der Waals surface area (Å²) in [5.41, 5.74) is 2.14. The predicted molar refractivity (Wildman–Crippen MR) is 115 cm³/mol. The minimum atomic E-state index is -0.271. The van der Waals surface area contributed by atoms with Crippen LogP contribution in [0.2, 0.25) is 0 Å². The van der Waals surface area contributed by atoms with Gasteiger partial charge < -0.3 is 5.32 Å². The van der Waals surface area contributed by atoms with Crippen LogP contribution >= 0.6 is 0 Å². The summed E-state index contributed by atoms with van der Waals surface area (Å²) in [5.74, 6) is -0.168. The number of carbonyl (C=O) groups excluding carboxylic acids is 1. The van der Waals surface area contributed by atoms with E-state index in [4.69, 9.17) is 0 Å². The number of halogens is 1. The summed E-state index contributed by atoms with van der Waals surface area (Å²) in [5, 5.41) is 5.54. The first-order valence-corrected chi connectivity index (χ1v) is 10.4. The van der Waals surface area contributed by atoms with Crippen LogP contribution in [0.1, 0.15) is 36.9 Å². The zero-order valence-corrected chi connectivity index (χ0v) is 16.8. The van der Waals surface area contributed by atoms with Crippen molar-refractivity contribution >= 4 is 16.7 Å². The Bertz CT molecular complexity index is 990. The van der Waals surface area contributed by atoms with Crippen molar-refractivity contribution in [1.82, 2.24) is 10.2 Å². The van der Waals surface area contributed by atoms with Gasteiger partial charge in [0.05, 0.1) is 0 Å². The molecule has 1 aliphatic heterocycles. The second-order valence-electron chi connectivity index (χ2n) is 7.90. The third-order valence-electron chi connectivity index (χ3n) is 6.08. The van der Waals surface area contributed by atoms with E-state index in [-0.39, 0.29) is 17.6 Å². The molecule has 3 nitrogen and oxygen atoms in total. The van der Waals surface area contributed by atoms with Crippen molar-refractivity contribution in [3.63, 3.8) is 0 Å². The molecule has 150 valence electrons. The maximum absolute atomic E-state index is 13.3. The summed E-state index contributed by atoms with van der Waals surface area (Å²) >= 11 is 0. The van der Waals surface area contributed by atoms with Crippen molar-refractivity contribution in [3.05, 3.63) is 83.7 Å². The SMILES string of the molecule is C[C@H](c1cccc2ccccc12)N1CCC(C(=O)NCc2cccc(F)c2)CC1. The first kappa shape index (κ1) is 19.6. The number of hydrogen-bond donors (Lipinski definition) is 1. The topological polar surface area (TPSA) is 32.3 Å². The number of nitrogens with one attached hydrogen (secondary N) is 1. The summed E-state index contributed by atoms with van der Waals surface area (Å²) in [6, 6.07) is 21.7. The number of benzene rings is 3. The molecule has 1 aliphatic rings. The van der Waals surface area contributed by atoms with E-state index in [0.29, 0.717) is 12.6 Å². The largest absolute Gasteiger partial charge is 0.352 e. The Morgan fingerprint density at radius 3 is 2.59 bits per heavy atom.